The zero-order chi connectivity index (χ0) is 22.9. The minimum absolute atomic E-state index is 0.0144. The summed E-state index contributed by atoms with van der Waals surface area (Å²) in [6.07, 6.45) is 6.22. The number of benzene rings is 1. The molecule has 6 nitrogen and oxygen atoms in total. The Labute approximate surface area is 189 Å². The highest BCUT2D eigenvalue weighted by Gasteiger charge is 2.35. The number of hydrogen-bond acceptors (Lipinski definition) is 4. The molecular weight excluding hydrogens is 402 g/mol. The van der Waals surface area contributed by atoms with Crippen LogP contribution in [0.1, 0.15) is 71.4 Å². The summed E-state index contributed by atoms with van der Waals surface area (Å²) in [5.74, 6) is -0.394. The van der Waals surface area contributed by atoms with E-state index in [0.717, 1.165) is 25.2 Å². The number of hydrogen-bond donors (Lipinski definition) is 1. The van der Waals surface area contributed by atoms with Crippen molar-refractivity contribution in [2.75, 3.05) is 26.2 Å². The molecule has 1 aliphatic heterocycles. The molecule has 1 aliphatic carbocycles. The molecule has 170 valence electrons. The fourth-order valence-corrected chi connectivity index (χ4v) is 4.87. The molecule has 1 fully saturated rings. The minimum atomic E-state index is -0.379. The minimum Gasteiger partial charge on any atom is -0.351 e. The number of carbonyl (C=O) groups is 2. The maximum atomic E-state index is 13.5. The van der Waals surface area contributed by atoms with Crippen LogP contribution in [-0.2, 0) is 6.42 Å². The lowest BCUT2D eigenvalue weighted by Gasteiger charge is -2.31. The number of likely N-dealkylation sites (tertiary alicyclic amines) is 1. The van der Waals surface area contributed by atoms with Crippen molar-refractivity contribution >= 4 is 11.7 Å². The van der Waals surface area contributed by atoms with E-state index in [1.165, 1.54) is 23.8 Å². The predicted octanol–water partition coefficient (Wildman–Crippen LogP) is 3.52. The Hall–Kier alpha value is -2.73. The number of nitrogens with zero attached hydrogens (tertiary/aromatic N) is 2. The number of carbonyl (C=O) groups excluding carboxylic acids is 2. The van der Waals surface area contributed by atoms with Crippen LogP contribution in [0.3, 0.4) is 0 Å². The first kappa shape index (κ1) is 22.5. The summed E-state index contributed by atoms with van der Waals surface area (Å²) >= 11 is 0. The van der Waals surface area contributed by atoms with Crippen LogP contribution in [0.25, 0.3) is 5.69 Å². The summed E-state index contributed by atoms with van der Waals surface area (Å²) in [4.78, 5) is 42.2. The number of piperidine rings is 1. The van der Waals surface area contributed by atoms with Crippen molar-refractivity contribution < 1.29 is 9.59 Å². The van der Waals surface area contributed by atoms with Crippen molar-refractivity contribution in [1.82, 2.24) is 14.8 Å². The maximum absolute atomic E-state index is 13.5. The summed E-state index contributed by atoms with van der Waals surface area (Å²) in [6, 6.07) is 7.53. The summed E-state index contributed by atoms with van der Waals surface area (Å²) < 4.78 is 1.45. The van der Waals surface area contributed by atoms with Gasteiger partial charge >= 0.3 is 0 Å². The lowest BCUT2D eigenvalue weighted by molar-refractivity contribution is 0.0908. The number of ketones is 1. The molecular formula is C26H33N3O3. The highest BCUT2D eigenvalue weighted by Crippen LogP contribution is 2.35. The molecule has 6 heteroatoms. The highest BCUT2D eigenvalue weighted by atomic mass is 16.2. The molecule has 1 amide bonds. The molecule has 0 radical (unpaired) electrons. The third-order valence-electron chi connectivity index (χ3n) is 6.61. The second-order valence-electron chi connectivity index (χ2n) is 10.0. The SMILES string of the molecule is Cc1ccc(-n2cc3c(c(C(=O)NCCN4CCCCC4)c2=O)CC(C)(C)CC3=O)cc1. The average Bonchev–Trinajstić information content (AvgIpc) is 2.74. The Morgan fingerprint density at radius 3 is 2.41 bits per heavy atom. The van der Waals surface area contributed by atoms with Crippen molar-refractivity contribution in [2.24, 2.45) is 5.41 Å². The van der Waals surface area contributed by atoms with E-state index >= 15 is 0 Å². The van der Waals surface area contributed by atoms with Crippen molar-refractivity contribution in [3.8, 4) is 5.69 Å². The molecule has 0 bridgehead atoms. The smallest absolute Gasteiger partial charge is 0.268 e. The number of rotatable bonds is 5. The van der Waals surface area contributed by atoms with Crippen molar-refractivity contribution in [3.63, 3.8) is 0 Å². The molecule has 1 N–H and O–H groups in total. The van der Waals surface area contributed by atoms with Gasteiger partial charge in [0, 0.05) is 37.0 Å². The first-order chi connectivity index (χ1) is 15.2. The Kier molecular flexibility index (Phi) is 6.33. The van der Waals surface area contributed by atoms with Crippen molar-refractivity contribution in [3.05, 3.63) is 63.1 Å². The third-order valence-corrected chi connectivity index (χ3v) is 6.61. The summed E-state index contributed by atoms with van der Waals surface area (Å²) in [7, 11) is 0. The van der Waals surface area contributed by atoms with Gasteiger partial charge in [0.1, 0.15) is 5.56 Å². The molecule has 2 aliphatic rings. The summed E-state index contributed by atoms with van der Waals surface area (Å²) in [5.41, 5.74) is 2.28. The van der Waals surface area contributed by atoms with Gasteiger partial charge in [-0.05, 0) is 62.4 Å². The summed E-state index contributed by atoms with van der Waals surface area (Å²) in [6.45, 7) is 9.38. The zero-order valence-electron chi connectivity index (χ0n) is 19.4. The second kappa shape index (κ2) is 9.02. The first-order valence-electron chi connectivity index (χ1n) is 11.6. The molecule has 1 aromatic heterocycles. The van der Waals surface area contributed by atoms with E-state index in [0.29, 0.717) is 36.2 Å². The van der Waals surface area contributed by atoms with Gasteiger partial charge in [0.15, 0.2) is 5.78 Å². The van der Waals surface area contributed by atoms with E-state index in [1.807, 2.05) is 45.0 Å². The molecule has 0 atom stereocenters. The highest BCUT2D eigenvalue weighted by molar-refractivity contribution is 6.04. The van der Waals surface area contributed by atoms with E-state index in [2.05, 4.69) is 10.2 Å². The largest absolute Gasteiger partial charge is 0.351 e. The van der Waals surface area contributed by atoms with Crippen LogP contribution in [0, 0.1) is 12.3 Å². The Morgan fingerprint density at radius 1 is 1.03 bits per heavy atom. The molecule has 4 rings (SSSR count). The lowest BCUT2D eigenvalue weighted by atomic mass is 9.73. The van der Waals surface area contributed by atoms with Gasteiger partial charge in [0.25, 0.3) is 11.5 Å². The van der Waals surface area contributed by atoms with Gasteiger partial charge in [-0.3, -0.25) is 19.0 Å². The number of pyridine rings is 1. The third kappa shape index (κ3) is 4.70. The first-order valence-corrected chi connectivity index (χ1v) is 11.6. The average molecular weight is 436 g/mol. The van der Waals surface area contributed by atoms with E-state index in [1.54, 1.807) is 6.20 Å². The number of Topliss-reactive ketones (excluding diaryl/α,β-unsaturated/α-hetero) is 1. The lowest BCUT2D eigenvalue weighted by Crippen LogP contribution is -2.41. The Bertz CT molecular complexity index is 1080. The number of fused-ring (bicyclic) bond motifs is 1. The number of nitrogens with one attached hydrogen (secondary N) is 1. The van der Waals surface area contributed by atoms with Crippen LogP contribution < -0.4 is 10.9 Å². The van der Waals surface area contributed by atoms with Gasteiger partial charge in [-0.15, -0.1) is 0 Å². The van der Waals surface area contributed by atoms with Crippen LogP contribution in [0.5, 0.6) is 0 Å². The molecule has 2 heterocycles. The number of aryl methyl sites for hydroxylation is 1. The van der Waals surface area contributed by atoms with Crippen LogP contribution in [-0.4, -0.2) is 47.3 Å². The van der Waals surface area contributed by atoms with Gasteiger partial charge in [0.05, 0.1) is 0 Å². The normalized spacial score (nSPS) is 18.3. The number of amides is 1. The van der Waals surface area contributed by atoms with Gasteiger partial charge in [-0.1, -0.05) is 38.0 Å². The summed E-state index contributed by atoms with van der Waals surface area (Å²) in [5, 5.41) is 2.96. The van der Waals surface area contributed by atoms with Gasteiger partial charge < -0.3 is 10.2 Å². The molecule has 1 aromatic carbocycles. The molecule has 0 saturated carbocycles. The van der Waals surface area contributed by atoms with Gasteiger partial charge in [-0.2, -0.15) is 0 Å². The van der Waals surface area contributed by atoms with Gasteiger partial charge in [0.2, 0.25) is 0 Å². The van der Waals surface area contributed by atoms with Crippen molar-refractivity contribution in [2.45, 2.75) is 52.9 Å². The van der Waals surface area contributed by atoms with Crippen molar-refractivity contribution in [1.29, 1.82) is 0 Å². The van der Waals surface area contributed by atoms with E-state index in [4.69, 9.17) is 0 Å². The van der Waals surface area contributed by atoms with Crippen LogP contribution in [0.4, 0.5) is 0 Å². The monoisotopic (exact) mass is 435 g/mol. The fraction of sp³-hybridized carbons (Fsp3) is 0.500. The maximum Gasteiger partial charge on any atom is 0.268 e. The van der Waals surface area contributed by atoms with E-state index in [-0.39, 0.29) is 28.2 Å². The Balaban J connectivity index is 1.70. The van der Waals surface area contributed by atoms with Crippen LogP contribution in [0.15, 0.2) is 35.3 Å². The standard InChI is InChI=1S/C26H33N3O3/c1-18-7-9-19(10-8-18)29-17-21-20(15-26(2,3)16-22(21)30)23(25(29)32)24(31)27-11-14-28-12-5-4-6-13-28/h7-10,17H,4-6,11-16H2,1-3H3,(H,27,31). The quantitative estimate of drug-likeness (QED) is 0.780. The predicted molar refractivity (Wildman–Crippen MR) is 126 cm³/mol. The zero-order valence-corrected chi connectivity index (χ0v) is 19.4. The molecule has 1 saturated heterocycles. The molecule has 0 spiro atoms. The van der Waals surface area contributed by atoms with E-state index < -0.39 is 0 Å². The molecule has 2 aromatic rings. The van der Waals surface area contributed by atoms with Crippen LogP contribution in [0.2, 0.25) is 0 Å². The van der Waals surface area contributed by atoms with Crippen LogP contribution >= 0.6 is 0 Å². The molecule has 32 heavy (non-hydrogen) atoms. The Morgan fingerprint density at radius 2 is 1.72 bits per heavy atom. The van der Waals surface area contributed by atoms with E-state index in [9.17, 15) is 14.4 Å². The van der Waals surface area contributed by atoms with Gasteiger partial charge in [-0.25, -0.2) is 0 Å². The topological polar surface area (TPSA) is 71.4 Å². The molecule has 0 unspecified atom stereocenters. The number of aromatic nitrogens is 1. The fourth-order valence-electron chi connectivity index (χ4n) is 4.87. The second-order valence-corrected chi connectivity index (χ2v) is 10.0.